The molecule has 0 aliphatic rings. The molecule has 0 aliphatic carbocycles. The molecule has 5 heteroatoms. The van der Waals surface area contributed by atoms with Crippen LogP contribution in [0.1, 0.15) is 44.0 Å². The van der Waals surface area contributed by atoms with Gasteiger partial charge in [0.1, 0.15) is 17.1 Å². The van der Waals surface area contributed by atoms with Gasteiger partial charge in [-0.25, -0.2) is 0 Å². The van der Waals surface area contributed by atoms with Crippen molar-refractivity contribution in [3.63, 3.8) is 0 Å². The molecular formula is C17H25O4P. The Hall–Kier alpha value is -1.41. The lowest BCUT2D eigenvalue weighted by molar-refractivity contribution is 0.0945. The average Bonchev–Trinajstić information content (AvgIpc) is 2.51. The van der Waals surface area contributed by atoms with Crippen LogP contribution in [-0.4, -0.2) is 26.2 Å². The predicted octanol–water partition coefficient (Wildman–Crippen LogP) is 4.62. The molecule has 1 rings (SSSR count). The molecule has 0 amide bonds. The van der Waals surface area contributed by atoms with Crippen LogP contribution in [0.5, 0.6) is 11.5 Å². The Morgan fingerprint density at radius 2 is 1.77 bits per heavy atom. The summed E-state index contributed by atoms with van der Waals surface area (Å²) in [5.74, 6) is 1.36. The first-order chi connectivity index (χ1) is 10.4. The molecule has 0 saturated carbocycles. The zero-order valence-corrected chi connectivity index (χ0v) is 14.9. The summed E-state index contributed by atoms with van der Waals surface area (Å²) in [5.41, 5.74) is 0.445. The number of methoxy groups -OCH3 is 2. The second-order valence-corrected chi connectivity index (χ2v) is 6.79. The Bertz CT molecular complexity index is 503. The van der Waals surface area contributed by atoms with Crippen LogP contribution in [0.3, 0.4) is 0 Å². The van der Waals surface area contributed by atoms with Crippen molar-refractivity contribution in [1.82, 2.24) is 0 Å². The van der Waals surface area contributed by atoms with E-state index in [0.29, 0.717) is 29.6 Å². The van der Waals surface area contributed by atoms with Gasteiger partial charge < -0.3 is 9.47 Å². The molecule has 0 aromatic heterocycles. The van der Waals surface area contributed by atoms with Crippen LogP contribution in [0.2, 0.25) is 0 Å². The highest BCUT2D eigenvalue weighted by atomic mass is 31.1. The van der Waals surface area contributed by atoms with E-state index in [9.17, 15) is 9.36 Å². The van der Waals surface area contributed by atoms with Gasteiger partial charge in [0.05, 0.1) is 14.2 Å². The second kappa shape index (κ2) is 8.28. The van der Waals surface area contributed by atoms with Crippen LogP contribution in [-0.2, 0) is 4.57 Å². The van der Waals surface area contributed by atoms with Gasteiger partial charge in [-0.3, -0.25) is 9.36 Å². The van der Waals surface area contributed by atoms with Gasteiger partial charge in [-0.2, -0.15) is 0 Å². The average molecular weight is 324 g/mol. The molecule has 1 aromatic rings. The maximum Gasteiger partial charge on any atom is 0.170 e. The number of Topliss-reactive ketones (excluding diaryl/α,β-unsaturated/α-hetero) is 1. The van der Waals surface area contributed by atoms with Crippen molar-refractivity contribution in [1.29, 1.82) is 0 Å². The minimum atomic E-state index is -0.0533. The van der Waals surface area contributed by atoms with E-state index < -0.39 is 0 Å². The van der Waals surface area contributed by atoms with Crippen molar-refractivity contribution in [3.8, 4) is 11.5 Å². The third-order valence-electron chi connectivity index (χ3n) is 4.39. The highest BCUT2D eigenvalue weighted by Gasteiger charge is 2.28. The lowest BCUT2D eigenvalue weighted by Crippen LogP contribution is -2.24. The largest absolute Gasteiger partial charge is 0.496 e. The van der Waals surface area contributed by atoms with E-state index in [0.717, 1.165) is 6.42 Å². The van der Waals surface area contributed by atoms with Gasteiger partial charge in [-0.05, 0) is 29.9 Å². The van der Waals surface area contributed by atoms with E-state index in [2.05, 4.69) is 20.8 Å². The molecule has 4 nitrogen and oxygen atoms in total. The van der Waals surface area contributed by atoms with E-state index in [1.54, 1.807) is 32.4 Å². The topological polar surface area (TPSA) is 52.6 Å². The van der Waals surface area contributed by atoms with Crippen molar-refractivity contribution in [2.75, 3.05) is 20.4 Å². The molecule has 0 bridgehead atoms. The fourth-order valence-electron chi connectivity index (χ4n) is 2.29. The maximum absolute atomic E-state index is 12.6. The van der Waals surface area contributed by atoms with E-state index in [1.807, 2.05) is 0 Å². The Morgan fingerprint density at radius 3 is 2.23 bits per heavy atom. The molecule has 0 radical (unpaired) electrons. The molecule has 0 N–H and O–H groups in total. The second-order valence-electron chi connectivity index (χ2n) is 6.16. The van der Waals surface area contributed by atoms with Gasteiger partial charge in [0, 0.05) is 12.6 Å². The Labute approximate surface area is 134 Å². The number of carbonyl (C=O) groups is 1. The monoisotopic (exact) mass is 324 g/mol. The van der Waals surface area contributed by atoms with Crippen LogP contribution < -0.4 is 9.47 Å². The Balaban J connectivity index is 2.88. The molecule has 0 aliphatic heterocycles. The third-order valence-corrected chi connectivity index (χ3v) is 5.08. The SMILES string of the molecule is COc1cccc(OC)c1C(=O)CCC(C)(C)C(C)CP=O. The van der Waals surface area contributed by atoms with Gasteiger partial charge in [-0.1, -0.05) is 26.8 Å². The standard InChI is InChI=1S/C17H25O4P/c1-12(11-22-19)17(2,3)10-9-13(18)16-14(20-4)7-6-8-15(16)21-5/h6-8,12H,9-11H2,1-5H3. The highest BCUT2D eigenvalue weighted by Crippen LogP contribution is 2.36. The Morgan fingerprint density at radius 1 is 1.23 bits per heavy atom. The zero-order valence-electron chi connectivity index (χ0n) is 14.0. The van der Waals surface area contributed by atoms with Crippen LogP contribution in [0.25, 0.3) is 0 Å². The maximum atomic E-state index is 12.6. The minimum Gasteiger partial charge on any atom is -0.496 e. The van der Waals surface area contributed by atoms with Gasteiger partial charge >= 0.3 is 0 Å². The van der Waals surface area contributed by atoms with Gasteiger partial charge in [-0.15, -0.1) is 0 Å². The van der Waals surface area contributed by atoms with Gasteiger partial charge in [0.25, 0.3) is 0 Å². The summed E-state index contributed by atoms with van der Waals surface area (Å²) in [6, 6.07) is 5.33. The van der Waals surface area contributed by atoms with Gasteiger partial charge in [0.15, 0.2) is 14.2 Å². The normalized spacial score (nSPS) is 13.0. The number of ether oxygens (including phenoxy) is 2. The summed E-state index contributed by atoms with van der Waals surface area (Å²) in [7, 11) is 3.25. The van der Waals surface area contributed by atoms with Crippen LogP contribution in [0.15, 0.2) is 18.2 Å². The summed E-state index contributed by atoms with van der Waals surface area (Å²) < 4.78 is 21.4. The van der Waals surface area contributed by atoms with Crippen molar-refractivity contribution in [2.24, 2.45) is 11.3 Å². The minimum absolute atomic E-state index is 0.00856. The van der Waals surface area contributed by atoms with Crippen LogP contribution in [0, 0.1) is 11.3 Å². The lowest BCUT2D eigenvalue weighted by atomic mass is 9.76. The summed E-state index contributed by atoms with van der Waals surface area (Å²) in [6.45, 7) is 6.28. The van der Waals surface area contributed by atoms with Crippen molar-refractivity contribution in [3.05, 3.63) is 23.8 Å². The first kappa shape index (κ1) is 18.6. The van der Waals surface area contributed by atoms with Gasteiger partial charge in [0.2, 0.25) is 0 Å². The molecule has 0 saturated heterocycles. The van der Waals surface area contributed by atoms with Crippen LogP contribution in [0.4, 0.5) is 0 Å². The van der Waals surface area contributed by atoms with E-state index in [4.69, 9.17) is 9.47 Å². The number of hydrogen-bond donors (Lipinski definition) is 0. The molecule has 122 valence electrons. The molecule has 1 atom stereocenters. The van der Waals surface area contributed by atoms with E-state index in [1.165, 1.54) is 0 Å². The number of carbonyl (C=O) groups excluding carboxylic acids is 1. The first-order valence-corrected chi connectivity index (χ1v) is 8.40. The molecule has 22 heavy (non-hydrogen) atoms. The smallest absolute Gasteiger partial charge is 0.170 e. The number of benzene rings is 1. The molecule has 0 spiro atoms. The quantitative estimate of drug-likeness (QED) is 0.491. The van der Waals surface area contributed by atoms with E-state index >= 15 is 0 Å². The van der Waals surface area contributed by atoms with Crippen molar-refractivity contribution in [2.45, 2.75) is 33.6 Å². The summed E-state index contributed by atoms with van der Waals surface area (Å²) >= 11 is 0. The van der Waals surface area contributed by atoms with Crippen molar-refractivity contribution < 1.29 is 18.8 Å². The molecule has 0 fully saturated rings. The number of hydrogen-bond acceptors (Lipinski definition) is 4. The molecule has 1 unspecified atom stereocenters. The van der Waals surface area contributed by atoms with Crippen LogP contribution >= 0.6 is 8.46 Å². The lowest BCUT2D eigenvalue weighted by Gasteiger charge is -2.30. The Kier molecular flexibility index (Phi) is 7.02. The third kappa shape index (κ3) is 4.54. The fraction of sp³-hybridized carbons (Fsp3) is 0.588. The van der Waals surface area contributed by atoms with Crippen molar-refractivity contribution >= 4 is 14.2 Å². The number of ketones is 1. The first-order valence-electron chi connectivity index (χ1n) is 7.40. The molecule has 0 heterocycles. The number of rotatable bonds is 9. The summed E-state index contributed by atoms with van der Waals surface area (Å²) in [6.07, 6.45) is 1.74. The summed E-state index contributed by atoms with van der Waals surface area (Å²) in [4.78, 5) is 12.6. The summed E-state index contributed by atoms with van der Waals surface area (Å²) in [5, 5.41) is 0. The fourth-order valence-corrected chi connectivity index (χ4v) is 3.01. The zero-order chi connectivity index (χ0) is 16.8. The predicted molar refractivity (Wildman–Crippen MR) is 88.5 cm³/mol. The molecule has 1 aromatic carbocycles. The van der Waals surface area contributed by atoms with E-state index in [-0.39, 0.29) is 25.6 Å². The molecular weight excluding hydrogens is 299 g/mol. The highest BCUT2D eigenvalue weighted by molar-refractivity contribution is 7.23.